The number of hydrogen-bond acceptors (Lipinski definition) is 6. The monoisotopic (exact) mass is 340 g/mol. The van der Waals surface area contributed by atoms with Gasteiger partial charge in [0.05, 0.1) is 26.4 Å². The molecule has 1 rings (SSSR count). The maximum atomic E-state index is 11.4. The summed E-state index contributed by atoms with van der Waals surface area (Å²) in [5.74, 6) is -0.485. The van der Waals surface area contributed by atoms with E-state index in [1.807, 2.05) is 37.3 Å². The summed E-state index contributed by atoms with van der Waals surface area (Å²) in [7, 11) is 0. The SMILES string of the molecule is CCOCCOCCOCC(=O)NNC(=O)OCc1ccccc1. The predicted octanol–water partition coefficient (Wildman–Crippen LogP) is 1.01. The van der Waals surface area contributed by atoms with Crippen LogP contribution in [0, 0.1) is 0 Å². The summed E-state index contributed by atoms with van der Waals surface area (Å²) in [5, 5.41) is 0. The van der Waals surface area contributed by atoms with Crippen molar-refractivity contribution in [2.45, 2.75) is 13.5 Å². The zero-order chi connectivity index (χ0) is 17.5. The molecule has 0 fully saturated rings. The zero-order valence-corrected chi connectivity index (χ0v) is 13.8. The summed E-state index contributed by atoms with van der Waals surface area (Å²) in [6.07, 6.45) is -0.744. The predicted molar refractivity (Wildman–Crippen MR) is 86.0 cm³/mol. The van der Waals surface area contributed by atoms with Gasteiger partial charge in [-0.25, -0.2) is 10.2 Å². The normalized spacial score (nSPS) is 10.2. The minimum absolute atomic E-state index is 0.123. The quantitative estimate of drug-likeness (QED) is 0.461. The Morgan fingerprint density at radius 1 is 0.917 bits per heavy atom. The number of amides is 2. The Morgan fingerprint density at radius 2 is 1.58 bits per heavy atom. The molecule has 2 amide bonds. The molecule has 0 unspecified atom stereocenters. The average Bonchev–Trinajstić information content (AvgIpc) is 2.61. The number of hydrazine groups is 1. The third-order valence-electron chi connectivity index (χ3n) is 2.70. The van der Waals surface area contributed by atoms with Gasteiger partial charge in [-0.3, -0.25) is 10.2 Å². The summed E-state index contributed by atoms with van der Waals surface area (Å²) in [6.45, 7) is 4.16. The third-order valence-corrected chi connectivity index (χ3v) is 2.70. The van der Waals surface area contributed by atoms with Gasteiger partial charge < -0.3 is 18.9 Å². The fraction of sp³-hybridized carbons (Fsp3) is 0.500. The van der Waals surface area contributed by atoms with Gasteiger partial charge in [-0.1, -0.05) is 30.3 Å². The first-order valence-electron chi connectivity index (χ1n) is 7.71. The molecular weight excluding hydrogens is 316 g/mol. The van der Waals surface area contributed by atoms with Crippen molar-refractivity contribution in [2.75, 3.05) is 39.6 Å². The molecule has 2 N–H and O–H groups in total. The van der Waals surface area contributed by atoms with Crippen LogP contribution < -0.4 is 10.9 Å². The molecular formula is C16H24N2O6. The Bertz CT molecular complexity index is 469. The van der Waals surface area contributed by atoms with Crippen LogP contribution in [0.1, 0.15) is 12.5 Å². The van der Waals surface area contributed by atoms with Crippen LogP contribution in [0.25, 0.3) is 0 Å². The molecule has 0 heterocycles. The van der Waals surface area contributed by atoms with Crippen LogP contribution in [0.2, 0.25) is 0 Å². The van der Waals surface area contributed by atoms with Crippen LogP contribution in [0.15, 0.2) is 30.3 Å². The van der Waals surface area contributed by atoms with E-state index in [0.29, 0.717) is 26.4 Å². The van der Waals surface area contributed by atoms with Gasteiger partial charge in [0.2, 0.25) is 0 Å². The van der Waals surface area contributed by atoms with Crippen molar-refractivity contribution < 1.29 is 28.5 Å². The number of benzene rings is 1. The lowest BCUT2D eigenvalue weighted by molar-refractivity contribution is -0.127. The van der Waals surface area contributed by atoms with Crippen LogP contribution in [-0.4, -0.2) is 51.6 Å². The van der Waals surface area contributed by atoms with Crippen LogP contribution in [0.3, 0.4) is 0 Å². The first-order valence-corrected chi connectivity index (χ1v) is 7.71. The van der Waals surface area contributed by atoms with E-state index in [-0.39, 0.29) is 19.8 Å². The molecule has 0 aliphatic carbocycles. The van der Waals surface area contributed by atoms with E-state index in [1.54, 1.807) is 0 Å². The van der Waals surface area contributed by atoms with E-state index in [0.717, 1.165) is 5.56 Å². The molecule has 1 aromatic carbocycles. The summed E-state index contributed by atoms with van der Waals surface area (Å²) in [4.78, 5) is 22.8. The molecule has 0 aromatic heterocycles. The van der Waals surface area contributed by atoms with E-state index in [9.17, 15) is 9.59 Å². The van der Waals surface area contributed by atoms with Gasteiger partial charge in [0, 0.05) is 6.61 Å². The molecule has 8 heteroatoms. The van der Waals surface area contributed by atoms with Crippen molar-refractivity contribution in [3.05, 3.63) is 35.9 Å². The van der Waals surface area contributed by atoms with Crippen LogP contribution >= 0.6 is 0 Å². The van der Waals surface area contributed by atoms with Crippen molar-refractivity contribution in [1.29, 1.82) is 0 Å². The van der Waals surface area contributed by atoms with E-state index in [2.05, 4.69) is 10.9 Å². The highest BCUT2D eigenvalue weighted by Crippen LogP contribution is 1.99. The molecule has 0 saturated carbocycles. The summed E-state index contributed by atoms with van der Waals surface area (Å²) in [5.41, 5.74) is 5.18. The molecule has 24 heavy (non-hydrogen) atoms. The number of hydrogen-bond donors (Lipinski definition) is 2. The lowest BCUT2D eigenvalue weighted by atomic mass is 10.2. The van der Waals surface area contributed by atoms with Gasteiger partial charge in [-0.2, -0.15) is 0 Å². The Hall–Kier alpha value is -2.16. The standard InChI is InChI=1S/C16H24N2O6/c1-2-21-8-9-22-10-11-23-13-15(19)17-18-16(20)24-12-14-6-4-3-5-7-14/h3-7H,2,8-13H2,1H3,(H,17,19)(H,18,20). The van der Waals surface area contributed by atoms with Gasteiger partial charge >= 0.3 is 6.09 Å². The minimum atomic E-state index is -0.744. The van der Waals surface area contributed by atoms with Crippen LogP contribution in [-0.2, 0) is 30.3 Å². The van der Waals surface area contributed by atoms with Gasteiger partial charge in [-0.05, 0) is 12.5 Å². The highest BCUT2D eigenvalue weighted by Gasteiger charge is 2.05. The Labute approximate surface area is 141 Å². The Morgan fingerprint density at radius 3 is 2.29 bits per heavy atom. The Kier molecular flexibility index (Phi) is 11.0. The zero-order valence-electron chi connectivity index (χ0n) is 13.8. The molecule has 8 nitrogen and oxygen atoms in total. The van der Waals surface area contributed by atoms with E-state index in [4.69, 9.17) is 18.9 Å². The summed E-state index contributed by atoms with van der Waals surface area (Å²) in [6, 6.07) is 9.21. The maximum absolute atomic E-state index is 11.4. The summed E-state index contributed by atoms with van der Waals surface area (Å²) >= 11 is 0. The highest BCUT2D eigenvalue weighted by molar-refractivity contribution is 5.79. The van der Waals surface area contributed by atoms with Crippen molar-refractivity contribution in [1.82, 2.24) is 10.9 Å². The van der Waals surface area contributed by atoms with Gasteiger partial charge in [0.15, 0.2) is 0 Å². The second-order valence-electron chi connectivity index (χ2n) is 4.60. The lowest BCUT2D eigenvalue weighted by Crippen LogP contribution is -2.43. The smallest absolute Gasteiger partial charge is 0.426 e. The van der Waals surface area contributed by atoms with Gasteiger partial charge in [0.25, 0.3) is 5.91 Å². The Balaban J connectivity index is 1.96. The first kappa shape index (κ1) is 19.9. The van der Waals surface area contributed by atoms with Crippen LogP contribution in [0.5, 0.6) is 0 Å². The second kappa shape index (κ2) is 13.3. The largest absolute Gasteiger partial charge is 0.443 e. The molecule has 0 spiro atoms. The third kappa shape index (κ3) is 10.5. The number of rotatable bonds is 11. The van der Waals surface area contributed by atoms with E-state index in [1.165, 1.54) is 0 Å². The van der Waals surface area contributed by atoms with E-state index >= 15 is 0 Å². The first-order chi connectivity index (χ1) is 11.7. The van der Waals surface area contributed by atoms with E-state index < -0.39 is 12.0 Å². The van der Waals surface area contributed by atoms with Gasteiger partial charge in [-0.15, -0.1) is 0 Å². The topological polar surface area (TPSA) is 95.1 Å². The minimum Gasteiger partial charge on any atom is -0.443 e. The van der Waals surface area contributed by atoms with Crippen molar-refractivity contribution in [3.63, 3.8) is 0 Å². The molecule has 1 aromatic rings. The van der Waals surface area contributed by atoms with Crippen LogP contribution in [0.4, 0.5) is 4.79 Å². The van der Waals surface area contributed by atoms with Gasteiger partial charge in [0.1, 0.15) is 13.2 Å². The average molecular weight is 340 g/mol. The fourth-order valence-corrected chi connectivity index (χ4v) is 1.56. The molecule has 0 aliphatic rings. The lowest BCUT2D eigenvalue weighted by Gasteiger charge is -2.09. The molecule has 0 aliphatic heterocycles. The van der Waals surface area contributed by atoms with Crippen molar-refractivity contribution >= 4 is 12.0 Å². The summed E-state index contributed by atoms with van der Waals surface area (Å²) < 4.78 is 20.3. The molecule has 0 saturated heterocycles. The molecule has 0 radical (unpaired) electrons. The number of carbonyl (C=O) groups is 2. The number of ether oxygens (including phenoxy) is 4. The van der Waals surface area contributed by atoms with Crippen molar-refractivity contribution in [2.24, 2.45) is 0 Å². The molecule has 134 valence electrons. The fourth-order valence-electron chi connectivity index (χ4n) is 1.56. The molecule has 0 bridgehead atoms. The highest BCUT2D eigenvalue weighted by atomic mass is 16.6. The molecule has 0 atom stereocenters. The second-order valence-corrected chi connectivity index (χ2v) is 4.60. The van der Waals surface area contributed by atoms with Crippen molar-refractivity contribution in [3.8, 4) is 0 Å². The number of nitrogens with one attached hydrogen (secondary N) is 2. The number of carbonyl (C=O) groups excluding carboxylic acids is 2. The maximum Gasteiger partial charge on any atom is 0.426 e.